The van der Waals surface area contributed by atoms with Crippen molar-refractivity contribution < 1.29 is 9.90 Å². The molecular formula is C18H16ClNO2S. The third kappa shape index (κ3) is 3.23. The first-order valence-electron chi connectivity index (χ1n) is 7.28. The number of benzene rings is 2. The Morgan fingerprint density at radius 3 is 2.48 bits per heavy atom. The molecule has 1 heterocycles. The smallest absolute Gasteiger partial charge is 0.353 e. The molecule has 0 atom stereocenters. The normalized spacial score (nSPS) is 11.3. The van der Waals surface area contributed by atoms with Gasteiger partial charge < -0.3 is 10.1 Å². The number of aromatic nitrogens is 1. The van der Waals surface area contributed by atoms with E-state index in [9.17, 15) is 9.90 Å². The molecule has 23 heavy (non-hydrogen) atoms. The van der Waals surface area contributed by atoms with Gasteiger partial charge >= 0.3 is 5.97 Å². The van der Waals surface area contributed by atoms with Crippen LogP contribution in [0.15, 0.2) is 52.3 Å². The van der Waals surface area contributed by atoms with Crippen molar-refractivity contribution >= 4 is 40.2 Å². The highest BCUT2D eigenvalue weighted by Gasteiger charge is 2.18. The Morgan fingerprint density at radius 2 is 1.87 bits per heavy atom. The third-order valence-electron chi connectivity index (χ3n) is 3.69. The number of fused-ring (bicyclic) bond motifs is 1. The van der Waals surface area contributed by atoms with Gasteiger partial charge in [0.25, 0.3) is 0 Å². The molecule has 0 aliphatic heterocycles. The van der Waals surface area contributed by atoms with Crippen LogP contribution in [0, 0.1) is 0 Å². The molecule has 1 aromatic heterocycles. The molecule has 3 rings (SSSR count). The van der Waals surface area contributed by atoms with Crippen LogP contribution < -0.4 is 0 Å². The second-order valence-corrected chi connectivity index (χ2v) is 7.17. The zero-order valence-electron chi connectivity index (χ0n) is 12.8. The van der Waals surface area contributed by atoms with E-state index in [-0.39, 0.29) is 5.69 Å². The molecule has 0 radical (unpaired) electrons. The Bertz CT molecular complexity index is 869. The summed E-state index contributed by atoms with van der Waals surface area (Å²) in [5.41, 5.74) is 2.23. The molecule has 3 aromatic rings. The standard InChI is InChI=1S/C18H16ClNO2S/c1-10(2)11-3-6-13(7-4-11)23-17-14-9-12(19)5-8-15(14)20-16(17)18(21)22/h3-10,20H,1-2H3,(H,21,22). The van der Waals surface area contributed by atoms with Gasteiger partial charge in [0.1, 0.15) is 5.69 Å². The molecule has 0 saturated carbocycles. The van der Waals surface area contributed by atoms with Crippen LogP contribution in [0.3, 0.4) is 0 Å². The summed E-state index contributed by atoms with van der Waals surface area (Å²) in [6.07, 6.45) is 0. The molecule has 0 fully saturated rings. The van der Waals surface area contributed by atoms with E-state index in [4.69, 9.17) is 11.6 Å². The number of halogens is 1. The summed E-state index contributed by atoms with van der Waals surface area (Å²) in [5, 5.41) is 10.9. The maximum absolute atomic E-state index is 11.5. The van der Waals surface area contributed by atoms with Crippen molar-refractivity contribution in [2.24, 2.45) is 0 Å². The number of H-pyrrole nitrogens is 1. The molecule has 0 aliphatic carbocycles. The van der Waals surface area contributed by atoms with Gasteiger partial charge in [0.05, 0.1) is 4.90 Å². The van der Waals surface area contributed by atoms with Crippen LogP contribution in [0.2, 0.25) is 5.02 Å². The van der Waals surface area contributed by atoms with Crippen molar-refractivity contribution in [3.8, 4) is 0 Å². The van der Waals surface area contributed by atoms with Crippen LogP contribution >= 0.6 is 23.4 Å². The van der Waals surface area contributed by atoms with Crippen molar-refractivity contribution in [2.75, 3.05) is 0 Å². The van der Waals surface area contributed by atoms with Gasteiger partial charge in [-0.2, -0.15) is 0 Å². The highest BCUT2D eigenvalue weighted by molar-refractivity contribution is 7.99. The van der Waals surface area contributed by atoms with Crippen LogP contribution in [0.1, 0.15) is 35.8 Å². The van der Waals surface area contributed by atoms with E-state index in [0.717, 1.165) is 15.8 Å². The van der Waals surface area contributed by atoms with Gasteiger partial charge in [0, 0.05) is 20.8 Å². The maximum atomic E-state index is 11.5. The van der Waals surface area contributed by atoms with Crippen LogP contribution in [-0.2, 0) is 0 Å². The molecular weight excluding hydrogens is 330 g/mol. The molecule has 2 aromatic carbocycles. The number of rotatable bonds is 4. The average molecular weight is 346 g/mol. The summed E-state index contributed by atoms with van der Waals surface area (Å²) in [6.45, 7) is 4.29. The zero-order valence-corrected chi connectivity index (χ0v) is 14.3. The molecule has 0 aliphatic rings. The number of hydrogen-bond donors (Lipinski definition) is 2. The van der Waals surface area contributed by atoms with Crippen molar-refractivity contribution in [3.05, 3.63) is 58.7 Å². The Kier molecular flexibility index (Phi) is 4.37. The predicted octanol–water partition coefficient (Wildman–Crippen LogP) is 5.79. The van der Waals surface area contributed by atoms with Crippen LogP contribution in [0.5, 0.6) is 0 Å². The summed E-state index contributed by atoms with van der Waals surface area (Å²) >= 11 is 7.50. The lowest BCUT2D eigenvalue weighted by Crippen LogP contribution is -1.97. The molecule has 3 nitrogen and oxygen atoms in total. The van der Waals surface area contributed by atoms with Gasteiger partial charge in [0.15, 0.2) is 0 Å². The molecule has 118 valence electrons. The average Bonchev–Trinajstić information content (AvgIpc) is 2.86. The van der Waals surface area contributed by atoms with Crippen LogP contribution in [0.25, 0.3) is 10.9 Å². The van der Waals surface area contributed by atoms with Gasteiger partial charge in [-0.3, -0.25) is 0 Å². The van der Waals surface area contributed by atoms with Crippen LogP contribution in [0.4, 0.5) is 0 Å². The van der Waals surface area contributed by atoms with Crippen LogP contribution in [-0.4, -0.2) is 16.1 Å². The number of aromatic amines is 1. The van der Waals surface area contributed by atoms with E-state index in [0.29, 0.717) is 15.8 Å². The first-order chi connectivity index (χ1) is 11.0. The second kappa shape index (κ2) is 6.30. The van der Waals surface area contributed by atoms with Gasteiger partial charge in [-0.1, -0.05) is 49.3 Å². The highest BCUT2D eigenvalue weighted by atomic mass is 35.5. The minimum absolute atomic E-state index is 0.195. The molecule has 0 spiro atoms. The lowest BCUT2D eigenvalue weighted by Gasteiger charge is -2.07. The zero-order chi connectivity index (χ0) is 16.6. The first kappa shape index (κ1) is 16.0. The summed E-state index contributed by atoms with van der Waals surface area (Å²) in [7, 11) is 0. The second-order valence-electron chi connectivity index (χ2n) is 5.65. The minimum atomic E-state index is -0.973. The number of nitrogens with one attached hydrogen (secondary N) is 1. The SMILES string of the molecule is CC(C)c1ccc(Sc2c(C(=O)O)[nH]c3ccc(Cl)cc23)cc1. The molecule has 2 N–H and O–H groups in total. The summed E-state index contributed by atoms with van der Waals surface area (Å²) in [5.74, 6) is -0.505. The van der Waals surface area contributed by atoms with Crippen molar-refractivity contribution in [1.29, 1.82) is 0 Å². The first-order valence-corrected chi connectivity index (χ1v) is 8.47. The van der Waals surface area contributed by atoms with E-state index in [1.54, 1.807) is 18.2 Å². The van der Waals surface area contributed by atoms with Gasteiger partial charge in [-0.05, 0) is 41.8 Å². The summed E-state index contributed by atoms with van der Waals surface area (Å²) < 4.78 is 0. The Hall–Kier alpha value is -1.91. The quantitative estimate of drug-likeness (QED) is 0.628. The monoisotopic (exact) mass is 345 g/mol. The van der Waals surface area contributed by atoms with Gasteiger partial charge in [0.2, 0.25) is 0 Å². The highest BCUT2D eigenvalue weighted by Crippen LogP contribution is 2.38. The van der Waals surface area contributed by atoms with E-state index in [1.165, 1.54) is 17.3 Å². The molecule has 0 bridgehead atoms. The van der Waals surface area contributed by atoms with Gasteiger partial charge in [-0.15, -0.1) is 0 Å². The van der Waals surface area contributed by atoms with E-state index < -0.39 is 5.97 Å². The fourth-order valence-electron chi connectivity index (χ4n) is 2.43. The fraction of sp³-hybridized carbons (Fsp3) is 0.167. The summed E-state index contributed by atoms with van der Waals surface area (Å²) in [6, 6.07) is 13.5. The lowest BCUT2D eigenvalue weighted by atomic mass is 10.0. The molecule has 0 saturated heterocycles. The summed E-state index contributed by atoms with van der Waals surface area (Å²) in [4.78, 5) is 16.2. The van der Waals surface area contributed by atoms with E-state index in [1.807, 2.05) is 12.1 Å². The Balaban J connectivity index is 2.05. The van der Waals surface area contributed by atoms with Crippen molar-refractivity contribution in [2.45, 2.75) is 29.6 Å². The Morgan fingerprint density at radius 1 is 1.17 bits per heavy atom. The lowest BCUT2D eigenvalue weighted by molar-refractivity contribution is 0.0688. The number of carboxylic acids is 1. The fourth-order valence-corrected chi connectivity index (χ4v) is 3.63. The third-order valence-corrected chi connectivity index (χ3v) is 5.06. The molecule has 5 heteroatoms. The van der Waals surface area contributed by atoms with E-state index in [2.05, 4.69) is 31.0 Å². The largest absolute Gasteiger partial charge is 0.477 e. The van der Waals surface area contributed by atoms with Crippen molar-refractivity contribution in [3.63, 3.8) is 0 Å². The molecule has 0 amide bonds. The Labute approximate surface area is 143 Å². The van der Waals surface area contributed by atoms with Crippen molar-refractivity contribution in [1.82, 2.24) is 4.98 Å². The number of carbonyl (C=O) groups is 1. The number of carboxylic acid groups (broad SMARTS) is 1. The number of aromatic carboxylic acids is 1. The maximum Gasteiger partial charge on any atom is 0.353 e. The van der Waals surface area contributed by atoms with E-state index >= 15 is 0 Å². The predicted molar refractivity (Wildman–Crippen MR) is 94.9 cm³/mol. The molecule has 0 unspecified atom stereocenters. The minimum Gasteiger partial charge on any atom is -0.477 e. The van der Waals surface area contributed by atoms with Gasteiger partial charge in [-0.25, -0.2) is 4.79 Å². The number of hydrogen-bond acceptors (Lipinski definition) is 2. The topological polar surface area (TPSA) is 53.1 Å².